The van der Waals surface area contributed by atoms with Crippen LogP contribution in [0.25, 0.3) is 0 Å². The lowest BCUT2D eigenvalue weighted by Gasteiger charge is -2.41. The standard InChI is InChI=1S/C25H23BrClNO4S2/c1-16-5-11-21(12-6-16)34(31,32)28-15-22(25(29)30)24(33-20-9-7-19(27)8-10-20)14-23(28)17-3-2-4-18(26)13-17/h2-13,22-24H,14-15H2,1H3,(H,29,30)/t22-,23+,24-/m1/s1. The van der Waals surface area contributed by atoms with Crippen molar-refractivity contribution in [2.45, 2.75) is 34.4 Å². The van der Waals surface area contributed by atoms with Gasteiger partial charge in [0.05, 0.1) is 16.9 Å². The lowest BCUT2D eigenvalue weighted by atomic mass is 9.90. The molecule has 0 saturated carbocycles. The summed E-state index contributed by atoms with van der Waals surface area (Å²) in [4.78, 5) is 13.3. The zero-order valence-corrected chi connectivity index (χ0v) is 22.2. The Hall–Kier alpha value is -1.84. The Morgan fingerprint density at radius 2 is 1.76 bits per heavy atom. The van der Waals surface area contributed by atoms with Gasteiger partial charge in [-0.15, -0.1) is 11.8 Å². The van der Waals surface area contributed by atoms with Crippen molar-refractivity contribution in [2.75, 3.05) is 6.54 Å². The molecule has 4 rings (SSSR count). The van der Waals surface area contributed by atoms with Gasteiger partial charge in [-0.05, 0) is 67.4 Å². The molecule has 0 aliphatic carbocycles. The van der Waals surface area contributed by atoms with Gasteiger partial charge in [0.2, 0.25) is 10.0 Å². The van der Waals surface area contributed by atoms with E-state index in [4.69, 9.17) is 11.6 Å². The molecule has 3 atom stereocenters. The Labute approximate surface area is 217 Å². The van der Waals surface area contributed by atoms with Gasteiger partial charge >= 0.3 is 5.97 Å². The number of piperidine rings is 1. The van der Waals surface area contributed by atoms with E-state index in [9.17, 15) is 18.3 Å². The number of benzene rings is 3. The first kappa shape index (κ1) is 25.3. The molecule has 34 heavy (non-hydrogen) atoms. The zero-order valence-electron chi connectivity index (χ0n) is 18.3. The topological polar surface area (TPSA) is 74.7 Å². The molecule has 0 unspecified atom stereocenters. The van der Waals surface area contributed by atoms with Crippen LogP contribution >= 0.6 is 39.3 Å². The minimum Gasteiger partial charge on any atom is -0.481 e. The van der Waals surface area contributed by atoms with E-state index in [1.54, 1.807) is 36.4 Å². The summed E-state index contributed by atoms with van der Waals surface area (Å²) in [5.41, 5.74) is 1.76. The van der Waals surface area contributed by atoms with Gasteiger partial charge in [0, 0.05) is 26.2 Å². The van der Waals surface area contributed by atoms with Gasteiger partial charge in [0.25, 0.3) is 0 Å². The SMILES string of the molecule is Cc1ccc(S(=O)(=O)N2C[C@@H](C(=O)O)[C@H](Sc3ccc(Cl)cc3)C[C@H]2c2cccc(Br)c2)cc1. The summed E-state index contributed by atoms with van der Waals surface area (Å²) in [7, 11) is -3.93. The van der Waals surface area contributed by atoms with E-state index in [-0.39, 0.29) is 16.7 Å². The number of sulfonamides is 1. The van der Waals surface area contributed by atoms with Crippen LogP contribution in [0.2, 0.25) is 5.02 Å². The number of halogens is 2. The molecule has 1 N–H and O–H groups in total. The van der Waals surface area contributed by atoms with Crippen LogP contribution in [0.1, 0.15) is 23.6 Å². The lowest BCUT2D eigenvalue weighted by Crippen LogP contribution is -2.49. The summed E-state index contributed by atoms with van der Waals surface area (Å²) in [5, 5.41) is 10.3. The molecule has 0 radical (unpaired) electrons. The average Bonchev–Trinajstić information content (AvgIpc) is 2.80. The molecule has 0 aromatic heterocycles. The molecule has 178 valence electrons. The van der Waals surface area contributed by atoms with Gasteiger partial charge in [-0.2, -0.15) is 4.31 Å². The van der Waals surface area contributed by atoms with E-state index in [0.717, 1.165) is 20.5 Å². The Morgan fingerprint density at radius 3 is 2.38 bits per heavy atom. The molecule has 0 spiro atoms. The number of aryl methyl sites for hydroxylation is 1. The van der Waals surface area contributed by atoms with Crippen LogP contribution in [0.4, 0.5) is 0 Å². The summed E-state index contributed by atoms with van der Waals surface area (Å²) in [6.07, 6.45) is 0.353. The Morgan fingerprint density at radius 1 is 1.09 bits per heavy atom. The Kier molecular flexibility index (Phi) is 7.74. The van der Waals surface area contributed by atoms with Crippen molar-refractivity contribution in [1.29, 1.82) is 0 Å². The second-order valence-corrected chi connectivity index (χ2v) is 12.8. The van der Waals surface area contributed by atoms with Crippen molar-refractivity contribution in [3.8, 4) is 0 Å². The highest BCUT2D eigenvalue weighted by Gasteiger charge is 2.45. The van der Waals surface area contributed by atoms with Crippen LogP contribution in [-0.2, 0) is 14.8 Å². The smallest absolute Gasteiger partial charge is 0.308 e. The first-order valence-electron chi connectivity index (χ1n) is 10.6. The molecular formula is C25H23BrClNO4S2. The van der Waals surface area contributed by atoms with Gasteiger partial charge in [0.1, 0.15) is 0 Å². The van der Waals surface area contributed by atoms with Gasteiger partial charge in [-0.1, -0.05) is 57.4 Å². The lowest BCUT2D eigenvalue weighted by molar-refractivity contribution is -0.143. The fraction of sp³-hybridized carbons (Fsp3) is 0.240. The highest BCUT2D eigenvalue weighted by molar-refractivity contribution is 9.10. The fourth-order valence-electron chi connectivity index (χ4n) is 4.12. The molecule has 1 fully saturated rings. The van der Waals surface area contributed by atoms with Gasteiger partial charge in [0.15, 0.2) is 0 Å². The number of carboxylic acids is 1. The molecule has 3 aromatic rings. The maximum Gasteiger partial charge on any atom is 0.308 e. The van der Waals surface area contributed by atoms with Crippen LogP contribution in [0, 0.1) is 12.8 Å². The van der Waals surface area contributed by atoms with Crippen molar-refractivity contribution >= 4 is 55.3 Å². The van der Waals surface area contributed by atoms with Crippen molar-refractivity contribution in [1.82, 2.24) is 4.31 Å². The van der Waals surface area contributed by atoms with E-state index in [1.165, 1.54) is 16.1 Å². The summed E-state index contributed by atoms with van der Waals surface area (Å²) in [6.45, 7) is 1.77. The normalized spacial score (nSPS) is 21.3. The third kappa shape index (κ3) is 5.52. The second-order valence-electron chi connectivity index (χ2n) is 8.25. The Balaban J connectivity index is 1.76. The molecule has 1 aliphatic rings. The number of hydrogen-bond donors (Lipinski definition) is 1. The maximum absolute atomic E-state index is 13.7. The van der Waals surface area contributed by atoms with Crippen LogP contribution in [0.3, 0.4) is 0 Å². The number of thioether (sulfide) groups is 1. The maximum atomic E-state index is 13.7. The molecule has 1 heterocycles. The molecule has 5 nitrogen and oxygen atoms in total. The van der Waals surface area contributed by atoms with E-state index >= 15 is 0 Å². The quantitative estimate of drug-likeness (QED) is 0.365. The molecule has 1 saturated heterocycles. The number of carboxylic acid groups (broad SMARTS) is 1. The largest absolute Gasteiger partial charge is 0.481 e. The third-order valence-corrected chi connectivity index (χ3v) is 9.91. The molecule has 0 amide bonds. The van der Waals surface area contributed by atoms with E-state index in [1.807, 2.05) is 43.3 Å². The minimum absolute atomic E-state index is 0.117. The van der Waals surface area contributed by atoms with E-state index in [0.29, 0.717) is 11.4 Å². The van der Waals surface area contributed by atoms with Crippen molar-refractivity contribution < 1.29 is 18.3 Å². The molecule has 9 heteroatoms. The minimum atomic E-state index is -3.93. The van der Waals surface area contributed by atoms with E-state index in [2.05, 4.69) is 15.9 Å². The highest BCUT2D eigenvalue weighted by atomic mass is 79.9. The van der Waals surface area contributed by atoms with Gasteiger partial charge in [-0.3, -0.25) is 4.79 Å². The zero-order chi connectivity index (χ0) is 24.5. The second kappa shape index (κ2) is 10.4. The highest BCUT2D eigenvalue weighted by Crippen LogP contribution is 2.44. The number of rotatable bonds is 6. The summed E-state index contributed by atoms with van der Waals surface area (Å²) in [6, 6.07) is 20.9. The Bertz CT molecular complexity index is 1280. The third-order valence-electron chi connectivity index (χ3n) is 5.91. The van der Waals surface area contributed by atoms with Crippen molar-refractivity contribution in [3.63, 3.8) is 0 Å². The number of aliphatic carboxylic acids is 1. The molecular weight excluding hydrogens is 558 g/mol. The summed E-state index contributed by atoms with van der Waals surface area (Å²) < 4.78 is 29.7. The van der Waals surface area contributed by atoms with Crippen LogP contribution in [0.5, 0.6) is 0 Å². The predicted molar refractivity (Wildman–Crippen MR) is 139 cm³/mol. The molecule has 1 aliphatic heterocycles. The monoisotopic (exact) mass is 579 g/mol. The first-order chi connectivity index (χ1) is 16.1. The number of nitrogens with zero attached hydrogens (tertiary/aromatic N) is 1. The van der Waals surface area contributed by atoms with Crippen LogP contribution in [0.15, 0.2) is 87.1 Å². The molecule has 3 aromatic carbocycles. The summed E-state index contributed by atoms with van der Waals surface area (Å²) >= 11 is 10.9. The van der Waals surface area contributed by atoms with Crippen LogP contribution in [-0.4, -0.2) is 35.6 Å². The van der Waals surface area contributed by atoms with Crippen LogP contribution < -0.4 is 0 Å². The number of carbonyl (C=O) groups is 1. The van der Waals surface area contributed by atoms with Gasteiger partial charge < -0.3 is 5.11 Å². The predicted octanol–water partition coefficient (Wildman–Crippen LogP) is 6.41. The fourth-order valence-corrected chi connectivity index (χ4v) is 7.60. The van der Waals surface area contributed by atoms with Gasteiger partial charge in [-0.25, -0.2) is 8.42 Å². The molecule has 0 bridgehead atoms. The first-order valence-corrected chi connectivity index (χ1v) is 14.1. The number of hydrogen-bond acceptors (Lipinski definition) is 4. The van der Waals surface area contributed by atoms with Crippen molar-refractivity contribution in [3.05, 3.63) is 93.4 Å². The van der Waals surface area contributed by atoms with E-state index < -0.39 is 28.0 Å². The van der Waals surface area contributed by atoms with Crippen molar-refractivity contribution in [2.24, 2.45) is 5.92 Å². The summed E-state index contributed by atoms with van der Waals surface area (Å²) in [5.74, 6) is -1.88. The average molecular weight is 581 g/mol.